The van der Waals surface area contributed by atoms with E-state index in [0.717, 1.165) is 12.8 Å². The fourth-order valence-corrected chi connectivity index (χ4v) is 1.64. The molecular formula is C10H13F3N4. The zero-order chi connectivity index (χ0) is 12.5. The molecule has 1 fully saturated rings. The van der Waals surface area contributed by atoms with Gasteiger partial charge >= 0.3 is 6.18 Å². The van der Waals surface area contributed by atoms with E-state index in [9.17, 15) is 13.2 Å². The molecule has 1 saturated carbocycles. The molecule has 0 atom stereocenters. The highest BCUT2D eigenvalue weighted by atomic mass is 19.4. The van der Waals surface area contributed by atoms with E-state index in [-0.39, 0.29) is 18.4 Å². The van der Waals surface area contributed by atoms with Gasteiger partial charge in [-0.25, -0.2) is 4.98 Å². The second-order valence-electron chi connectivity index (χ2n) is 4.18. The van der Waals surface area contributed by atoms with E-state index < -0.39 is 12.7 Å². The molecular weight excluding hydrogens is 233 g/mol. The quantitative estimate of drug-likeness (QED) is 0.876. The van der Waals surface area contributed by atoms with Crippen LogP contribution in [0.2, 0.25) is 0 Å². The van der Waals surface area contributed by atoms with E-state index in [1.165, 1.54) is 17.3 Å². The van der Waals surface area contributed by atoms with Gasteiger partial charge in [0.2, 0.25) is 0 Å². The number of hydrogen-bond acceptors (Lipinski definition) is 4. The minimum Gasteiger partial charge on any atom is -0.382 e. The van der Waals surface area contributed by atoms with Crippen LogP contribution in [0.25, 0.3) is 0 Å². The zero-order valence-corrected chi connectivity index (χ0v) is 9.11. The molecule has 0 aromatic carbocycles. The van der Waals surface area contributed by atoms with Gasteiger partial charge in [-0.15, -0.1) is 0 Å². The van der Waals surface area contributed by atoms with E-state index in [2.05, 4.69) is 9.97 Å². The summed E-state index contributed by atoms with van der Waals surface area (Å²) >= 11 is 0. The van der Waals surface area contributed by atoms with E-state index in [0.29, 0.717) is 5.69 Å². The van der Waals surface area contributed by atoms with Crippen LogP contribution in [0.1, 0.15) is 18.5 Å². The number of anilines is 1. The van der Waals surface area contributed by atoms with Crippen molar-refractivity contribution in [2.75, 3.05) is 12.3 Å². The second-order valence-corrected chi connectivity index (χ2v) is 4.18. The Labute approximate surface area is 96.7 Å². The van der Waals surface area contributed by atoms with E-state index in [1.54, 1.807) is 0 Å². The molecule has 0 bridgehead atoms. The maximum atomic E-state index is 12.4. The molecule has 7 heteroatoms. The summed E-state index contributed by atoms with van der Waals surface area (Å²) in [5.41, 5.74) is 5.87. The van der Waals surface area contributed by atoms with Crippen molar-refractivity contribution in [1.82, 2.24) is 14.9 Å². The molecule has 0 spiro atoms. The Morgan fingerprint density at radius 2 is 2.00 bits per heavy atom. The summed E-state index contributed by atoms with van der Waals surface area (Å²) in [5.74, 6) is 0.266. The fraction of sp³-hybridized carbons (Fsp3) is 0.600. The lowest BCUT2D eigenvalue weighted by Gasteiger charge is -2.22. The first-order valence-electron chi connectivity index (χ1n) is 5.31. The van der Waals surface area contributed by atoms with Crippen LogP contribution in [0.5, 0.6) is 0 Å². The molecule has 0 unspecified atom stereocenters. The standard InChI is InChI=1S/C10H13F3N4/c11-10(12,13)6-17(8-1-2-8)5-7-3-16-9(14)4-15-7/h3-4,8H,1-2,5-6H2,(H2,14,16). The normalized spacial score (nSPS) is 16.5. The average molecular weight is 246 g/mol. The molecule has 1 aliphatic carbocycles. The molecule has 1 aromatic rings. The number of rotatable bonds is 4. The van der Waals surface area contributed by atoms with Crippen LogP contribution in [-0.4, -0.2) is 33.6 Å². The molecule has 1 heterocycles. The van der Waals surface area contributed by atoms with E-state index in [1.807, 2.05) is 0 Å². The van der Waals surface area contributed by atoms with Gasteiger partial charge in [0.05, 0.1) is 24.6 Å². The monoisotopic (exact) mass is 246 g/mol. The van der Waals surface area contributed by atoms with Gasteiger partial charge in [0, 0.05) is 12.6 Å². The maximum Gasteiger partial charge on any atom is 0.401 e. The molecule has 2 N–H and O–H groups in total. The van der Waals surface area contributed by atoms with Gasteiger partial charge in [-0.3, -0.25) is 9.88 Å². The summed E-state index contributed by atoms with van der Waals surface area (Å²) in [4.78, 5) is 9.17. The first-order valence-corrected chi connectivity index (χ1v) is 5.31. The smallest absolute Gasteiger partial charge is 0.382 e. The molecule has 0 amide bonds. The van der Waals surface area contributed by atoms with Crippen LogP contribution >= 0.6 is 0 Å². The van der Waals surface area contributed by atoms with Crippen LogP contribution in [0, 0.1) is 0 Å². The van der Waals surface area contributed by atoms with Crippen LogP contribution in [-0.2, 0) is 6.54 Å². The highest BCUT2D eigenvalue weighted by Crippen LogP contribution is 2.31. The van der Waals surface area contributed by atoms with Gasteiger partial charge in [-0.1, -0.05) is 0 Å². The maximum absolute atomic E-state index is 12.4. The van der Waals surface area contributed by atoms with Gasteiger partial charge < -0.3 is 5.73 Å². The van der Waals surface area contributed by atoms with Crippen molar-refractivity contribution in [3.63, 3.8) is 0 Å². The minimum absolute atomic E-state index is 0.0241. The third-order valence-corrected chi connectivity index (χ3v) is 2.54. The molecule has 17 heavy (non-hydrogen) atoms. The van der Waals surface area contributed by atoms with E-state index in [4.69, 9.17) is 5.73 Å². The van der Waals surface area contributed by atoms with Crippen molar-refractivity contribution in [3.05, 3.63) is 18.1 Å². The Kier molecular flexibility index (Phi) is 3.19. The van der Waals surface area contributed by atoms with Gasteiger partial charge in [-0.2, -0.15) is 13.2 Å². The van der Waals surface area contributed by atoms with E-state index >= 15 is 0 Å². The third kappa shape index (κ3) is 3.85. The predicted molar refractivity (Wildman–Crippen MR) is 55.9 cm³/mol. The molecule has 1 aliphatic rings. The molecule has 0 saturated heterocycles. The number of halogens is 3. The van der Waals surface area contributed by atoms with Gasteiger partial charge in [-0.05, 0) is 12.8 Å². The summed E-state index contributed by atoms with van der Waals surface area (Å²) < 4.78 is 37.1. The lowest BCUT2D eigenvalue weighted by atomic mass is 10.3. The zero-order valence-electron chi connectivity index (χ0n) is 9.11. The lowest BCUT2D eigenvalue weighted by molar-refractivity contribution is -0.148. The van der Waals surface area contributed by atoms with Gasteiger partial charge in [0.25, 0.3) is 0 Å². The number of nitrogens with two attached hydrogens (primary N) is 1. The largest absolute Gasteiger partial charge is 0.401 e. The minimum atomic E-state index is -4.18. The van der Waals surface area contributed by atoms with Crippen molar-refractivity contribution in [1.29, 1.82) is 0 Å². The number of nitrogen functional groups attached to an aromatic ring is 1. The topological polar surface area (TPSA) is 55.0 Å². The van der Waals surface area contributed by atoms with Crippen LogP contribution in [0.4, 0.5) is 19.0 Å². The predicted octanol–water partition coefficient (Wildman–Crippen LogP) is 1.59. The molecule has 4 nitrogen and oxygen atoms in total. The third-order valence-electron chi connectivity index (χ3n) is 2.54. The molecule has 0 radical (unpaired) electrons. The molecule has 1 aromatic heterocycles. The van der Waals surface area contributed by atoms with Crippen LogP contribution in [0.15, 0.2) is 12.4 Å². The first kappa shape index (κ1) is 12.1. The van der Waals surface area contributed by atoms with Crippen molar-refractivity contribution in [2.45, 2.75) is 31.6 Å². The van der Waals surface area contributed by atoms with Crippen molar-refractivity contribution in [2.24, 2.45) is 0 Å². The number of aromatic nitrogens is 2. The van der Waals surface area contributed by atoms with Crippen molar-refractivity contribution < 1.29 is 13.2 Å². The summed E-state index contributed by atoms with van der Waals surface area (Å²) in [5, 5.41) is 0. The summed E-state index contributed by atoms with van der Waals surface area (Å²) in [6.07, 6.45) is 0.232. The highest BCUT2D eigenvalue weighted by Gasteiger charge is 2.38. The number of alkyl halides is 3. The Morgan fingerprint density at radius 3 is 2.47 bits per heavy atom. The molecule has 0 aliphatic heterocycles. The summed E-state index contributed by atoms with van der Waals surface area (Å²) in [6.45, 7) is -0.735. The number of nitrogens with zero attached hydrogens (tertiary/aromatic N) is 3. The Bertz CT molecular complexity index is 372. The second kappa shape index (κ2) is 4.48. The average Bonchev–Trinajstić information content (AvgIpc) is 3.01. The Hall–Kier alpha value is -1.37. The van der Waals surface area contributed by atoms with Crippen LogP contribution in [0.3, 0.4) is 0 Å². The van der Waals surface area contributed by atoms with Gasteiger partial charge in [0.1, 0.15) is 5.82 Å². The van der Waals surface area contributed by atoms with Crippen LogP contribution < -0.4 is 5.73 Å². The fourth-order valence-electron chi connectivity index (χ4n) is 1.64. The first-order chi connectivity index (χ1) is 7.94. The highest BCUT2D eigenvalue weighted by molar-refractivity contribution is 5.22. The Balaban J connectivity index is 2.00. The van der Waals surface area contributed by atoms with Crippen molar-refractivity contribution >= 4 is 5.82 Å². The van der Waals surface area contributed by atoms with Gasteiger partial charge in [0.15, 0.2) is 0 Å². The van der Waals surface area contributed by atoms with Crippen molar-refractivity contribution in [3.8, 4) is 0 Å². The number of hydrogen-bond donors (Lipinski definition) is 1. The SMILES string of the molecule is Nc1cnc(CN(CC(F)(F)F)C2CC2)cn1. The summed E-state index contributed by atoms with van der Waals surface area (Å²) in [7, 11) is 0. The lowest BCUT2D eigenvalue weighted by Crippen LogP contribution is -2.35. The summed E-state index contributed by atoms with van der Waals surface area (Å²) in [6, 6.07) is 0.0241. The molecule has 94 valence electrons. The Morgan fingerprint density at radius 1 is 1.29 bits per heavy atom. The molecule has 2 rings (SSSR count).